The van der Waals surface area contributed by atoms with Crippen molar-refractivity contribution in [2.75, 3.05) is 0 Å². The Bertz CT molecular complexity index is 673. The number of hydrogen-bond acceptors (Lipinski definition) is 2. The minimum absolute atomic E-state index is 0.0128. The maximum atomic E-state index is 12.7. The van der Waals surface area contributed by atoms with Gasteiger partial charge in [0.25, 0.3) is 0 Å². The predicted molar refractivity (Wildman–Crippen MR) is 85.9 cm³/mol. The molecule has 0 N–H and O–H groups in total. The molecule has 2 rings (SSSR count). The van der Waals surface area contributed by atoms with Crippen LogP contribution in [0.4, 0.5) is 0 Å². The minimum atomic E-state index is 0.0128. The fourth-order valence-electron chi connectivity index (χ4n) is 2.21. The Kier molecular flexibility index (Phi) is 4.19. The van der Waals surface area contributed by atoms with Crippen molar-refractivity contribution < 1.29 is 4.79 Å². The maximum absolute atomic E-state index is 12.7. The standard InChI is InChI=1S/C15H14BrClOS/c1-7-5-8(2)12(16)10(4)11(7)14(18)15-13(17)9(3)6-19-15/h5-6H,1-4H3. The van der Waals surface area contributed by atoms with Gasteiger partial charge < -0.3 is 0 Å². The zero-order valence-corrected chi connectivity index (χ0v) is 14.4. The van der Waals surface area contributed by atoms with Crippen LogP contribution >= 0.6 is 38.9 Å². The first-order chi connectivity index (χ1) is 8.84. The summed E-state index contributed by atoms with van der Waals surface area (Å²) >= 11 is 11.2. The predicted octanol–water partition coefficient (Wildman–Crippen LogP) is 5.63. The number of carbonyl (C=O) groups excluding carboxylic acids is 1. The Labute approximate surface area is 130 Å². The van der Waals surface area contributed by atoms with Gasteiger partial charge in [-0.25, -0.2) is 0 Å². The van der Waals surface area contributed by atoms with Crippen LogP contribution in [0.3, 0.4) is 0 Å². The molecule has 4 heteroatoms. The average molecular weight is 358 g/mol. The zero-order valence-electron chi connectivity index (χ0n) is 11.2. The van der Waals surface area contributed by atoms with Crippen LogP contribution in [0.2, 0.25) is 5.02 Å². The molecule has 0 aliphatic carbocycles. The van der Waals surface area contributed by atoms with Crippen LogP contribution in [0, 0.1) is 27.7 Å². The molecule has 0 aliphatic rings. The smallest absolute Gasteiger partial charge is 0.205 e. The van der Waals surface area contributed by atoms with Gasteiger partial charge in [0.2, 0.25) is 5.78 Å². The summed E-state index contributed by atoms with van der Waals surface area (Å²) in [5.74, 6) is 0.0128. The first kappa shape index (κ1) is 14.8. The van der Waals surface area contributed by atoms with Gasteiger partial charge in [0.15, 0.2) is 0 Å². The monoisotopic (exact) mass is 356 g/mol. The average Bonchev–Trinajstić information content (AvgIpc) is 2.67. The second-order valence-electron chi connectivity index (χ2n) is 4.72. The molecule has 0 atom stereocenters. The van der Waals surface area contributed by atoms with Crippen LogP contribution in [0.1, 0.15) is 37.5 Å². The first-order valence-electron chi connectivity index (χ1n) is 5.89. The molecule has 2 aromatic rings. The summed E-state index contributed by atoms with van der Waals surface area (Å²) < 4.78 is 0.992. The Hall–Kier alpha value is -0.640. The van der Waals surface area contributed by atoms with Gasteiger partial charge in [-0.2, -0.15) is 0 Å². The molecule has 0 unspecified atom stereocenters. The second-order valence-corrected chi connectivity index (χ2v) is 6.77. The van der Waals surface area contributed by atoms with E-state index in [1.807, 2.05) is 39.1 Å². The number of hydrogen-bond donors (Lipinski definition) is 0. The number of carbonyl (C=O) groups is 1. The van der Waals surface area contributed by atoms with Gasteiger partial charge in [-0.15, -0.1) is 11.3 Å². The first-order valence-corrected chi connectivity index (χ1v) is 7.94. The minimum Gasteiger partial charge on any atom is -0.288 e. The molecule has 19 heavy (non-hydrogen) atoms. The Morgan fingerprint density at radius 1 is 1.16 bits per heavy atom. The number of halogens is 2. The van der Waals surface area contributed by atoms with Crippen LogP contribution in [0.15, 0.2) is 15.9 Å². The lowest BCUT2D eigenvalue weighted by Crippen LogP contribution is -2.06. The lowest BCUT2D eigenvalue weighted by Gasteiger charge is -2.12. The molecule has 100 valence electrons. The van der Waals surface area contributed by atoms with E-state index >= 15 is 0 Å². The molecule has 0 fully saturated rings. The highest BCUT2D eigenvalue weighted by atomic mass is 79.9. The van der Waals surface area contributed by atoms with E-state index in [1.54, 1.807) is 0 Å². The summed E-state index contributed by atoms with van der Waals surface area (Å²) in [7, 11) is 0. The third-order valence-corrected chi connectivity index (χ3v) is 6.13. The molecular weight excluding hydrogens is 344 g/mol. The van der Waals surface area contributed by atoms with Crippen molar-refractivity contribution in [3.8, 4) is 0 Å². The van der Waals surface area contributed by atoms with Gasteiger partial charge in [-0.3, -0.25) is 4.79 Å². The van der Waals surface area contributed by atoms with Crippen molar-refractivity contribution in [3.05, 3.63) is 53.6 Å². The topological polar surface area (TPSA) is 17.1 Å². The number of benzene rings is 1. The van der Waals surface area contributed by atoms with Gasteiger partial charge in [0.1, 0.15) is 0 Å². The summed E-state index contributed by atoms with van der Waals surface area (Å²) in [6.07, 6.45) is 0. The fourth-order valence-corrected chi connectivity index (χ4v) is 3.74. The summed E-state index contributed by atoms with van der Waals surface area (Å²) in [4.78, 5) is 13.3. The highest BCUT2D eigenvalue weighted by molar-refractivity contribution is 9.10. The third-order valence-electron chi connectivity index (χ3n) is 3.21. The number of ketones is 1. The van der Waals surface area contributed by atoms with E-state index in [1.165, 1.54) is 11.3 Å². The van der Waals surface area contributed by atoms with Crippen molar-refractivity contribution in [1.82, 2.24) is 0 Å². The lowest BCUT2D eigenvalue weighted by atomic mass is 9.96. The molecular formula is C15H14BrClOS. The molecule has 0 bridgehead atoms. The molecule has 0 amide bonds. The molecule has 1 heterocycles. The third kappa shape index (κ3) is 2.51. The second kappa shape index (κ2) is 5.39. The molecule has 0 radical (unpaired) electrons. The Balaban J connectivity index is 2.63. The van der Waals surface area contributed by atoms with E-state index in [0.717, 1.165) is 32.3 Å². The molecule has 0 saturated heterocycles. The molecule has 0 spiro atoms. The van der Waals surface area contributed by atoms with Crippen molar-refractivity contribution in [2.24, 2.45) is 0 Å². The maximum Gasteiger partial charge on any atom is 0.205 e. The van der Waals surface area contributed by atoms with E-state index in [0.29, 0.717) is 9.90 Å². The van der Waals surface area contributed by atoms with Crippen LogP contribution in [0.5, 0.6) is 0 Å². The molecule has 1 nitrogen and oxygen atoms in total. The van der Waals surface area contributed by atoms with Crippen LogP contribution in [-0.4, -0.2) is 5.78 Å². The van der Waals surface area contributed by atoms with Crippen LogP contribution < -0.4 is 0 Å². The summed E-state index contributed by atoms with van der Waals surface area (Å²) in [6.45, 7) is 7.88. The Morgan fingerprint density at radius 2 is 1.79 bits per heavy atom. The lowest BCUT2D eigenvalue weighted by molar-refractivity contribution is 0.104. The highest BCUT2D eigenvalue weighted by Gasteiger charge is 2.21. The van der Waals surface area contributed by atoms with E-state index in [-0.39, 0.29) is 5.78 Å². The number of thiophene rings is 1. The van der Waals surface area contributed by atoms with Crippen molar-refractivity contribution in [2.45, 2.75) is 27.7 Å². The van der Waals surface area contributed by atoms with Gasteiger partial charge in [-0.05, 0) is 55.3 Å². The van der Waals surface area contributed by atoms with E-state index in [4.69, 9.17) is 11.6 Å². The molecule has 0 saturated carbocycles. The Morgan fingerprint density at radius 3 is 2.32 bits per heavy atom. The van der Waals surface area contributed by atoms with Crippen molar-refractivity contribution >= 4 is 44.7 Å². The van der Waals surface area contributed by atoms with Crippen LogP contribution in [0.25, 0.3) is 0 Å². The van der Waals surface area contributed by atoms with Gasteiger partial charge in [0, 0.05) is 10.0 Å². The molecule has 1 aromatic carbocycles. The van der Waals surface area contributed by atoms with Crippen molar-refractivity contribution in [3.63, 3.8) is 0 Å². The van der Waals surface area contributed by atoms with Gasteiger partial charge >= 0.3 is 0 Å². The molecule has 0 aliphatic heterocycles. The summed E-state index contributed by atoms with van der Waals surface area (Å²) in [5, 5.41) is 2.49. The summed E-state index contributed by atoms with van der Waals surface area (Å²) in [5.41, 5.74) is 4.81. The van der Waals surface area contributed by atoms with Crippen LogP contribution in [-0.2, 0) is 0 Å². The molecule has 1 aromatic heterocycles. The highest BCUT2D eigenvalue weighted by Crippen LogP contribution is 2.33. The number of rotatable bonds is 2. The van der Waals surface area contributed by atoms with Gasteiger partial charge in [-0.1, -0.05) is 33.6 Å². The van der Waals surface area contributed by atoms with Crippen molar-refractivity contribution in [1.29, 1.82) is 0 Å². The summed E-state index contributed by atoms with van der Waals surface area (Å²) in [6, 6.07) is 2.03. The number of aryl methyl sites for hydroxylation is 3. The van der Waals surface area contributed by atoms with Gasteiger partial charge in [0.05, 0.1) is 9.90 Å². The largest absolute Gasteiger partial charge is 0.288 e. The zero-order chi connectivity index (χ0) is 14.3. The SMILES string of the molecule is Cc1csc(C(=O)c2c(C)cc(C)c(Br)c2C)c1Cl. The fraction of sp³-hybridized carbons (Fsp3) is 0.267. The van der Waals surface area contributed by atoms with E-state index in [9.17, 15) is 4.79 Å². The van der Waals surface area contributed by atoms with E-state index in [2.05, 4.69) is 15.9 Å². The quantitative estimate of drug-likeness (QED) is 0.637. The van der Waals surface area contributed by atoms with E-state index < -0.39 is 0 Å². The normalized spacial score (nSPS) is 10.8.